The molecular weight excluding hydrogens is 162 g/mol. The normalized spacial score (nSPS) is 21.2. The zero-order valence-electron chi connectivity index (χ0n) is 7.66. The molecular formula is C11H15NO. The zero-order valence-corrected chi connectivity index (χ0v) is 7.66. The number of hydrogen-bond donors (Lipinski definition) is 2. The lowest BCUT2D eigenvalue weighted by molar-refractivity contribution is 0.281. The number of benzene rings is 1. The van der Waals surface area contributed by atoms with Gasteiger partial charge in [-0.1, -0.05) is 18.2 Å². The summed E-state index contributed by atoms with van der Waals surface area (Å²) in [7, 11) is 0. The van der Waals surface area contributed by atoms with Gasteiger partial charge < -0.3 is 10.8 Å². The summed E-state index contributed by atoms with van der Waals surface area (Å²) in [5.41, 5.74) is 9.61. The first-order chi connectivity index (χ1) is 6.29. The predicted molar refractivity (Wildman–Crippen MR) is 52.4 cm³/mol. The van der Waals surface area contributed by atoms with Crippen LogP contribution in [-0.2, 0) is 19.4 Å². The maximum atomic E-state index is 8.97. The van der Waals surface area contributed by atoms with Crippen LogP contribution in [-0.4, -0.2) is 11.1 Å². The van der Waals surface area contributed by atoms with Crippen LogP contribution >= 0.6 is 0 Å². The topological polar surface area (TPSA) is 46.2 Å². The van der Waals surface area contributed by atoms with Gasteiger partial charge in [-0.05, 0) is 36.0 Å². The molecule has 1 aliphatic carbocycles. The molecule has 0 spiro atoms. The molecule has 2 nitrogen and oxygen atoms in total. The van der Waals surface area contributed by atoms with Gasteiger partial charge in [0, 0.05) is 6.04 Å². The van der Waals surface area contributed by atoms with Crippen molar-refractivity contribution in [2.45, 2.75) is 31.9 Å². The number of nitrogens with two attached hydrogens (primary N) is 1. The van der Waals surface area contributed by atoms with Crippen LogP contribution in [0.4, 0.5) is 0 Å². The van der Waals surface area contributed by atoms with E-state index in [1.807, 2.05) is 6.07 Å². The summed E-state index contributed by atoms with van der Waals surface area (Å²) >= 11 is 0. The van der Waals surface area contributed by atoms with Crippen LogP contribution in [0.15, 0.2) is 18.2 Å². The van der Waals surface area contributed by atoms with Gasteiger partial charge in [-0.15, -0.1) is 0 Å². The van der Waals surface area contributed by atoms with E-state index < -0.39 is 0 Å². The van der Waals surface area contributed by atoms with E-state index in [1.54, 1.807) is 0 Å². The highest BCUT2D eigenvalue weighted by atomic mass is 16.3. The van der Waals surface area contributed by atoms with Gasteiger partial charge in [0.25, 0.3) is 0 Å². The molecule has 0 saturated heterocycles. The van der Waals surface area contributed by atoms with E-state index in [2.05, 4.69) is 12.1 Å². The fourth-order valence-corrected chi connectivity index (χ4v) is 1.93. The first-order valence-electron chi connectivity index (χ1n) is 4.76. The van der Waals surface area contributed by atoms with Crippen molar-refractivity contribution in [1.29, 1.82) is 0 Å². The molecule has 1 aromatic carbocycles. The standard InChI is InChI=1S/C11H15NO/c12-11-4-3-9-5-8(7-13)1-2-10(9)6-11/h1-2,5,11,13H,3-4,6-7,12H2/t11-/m0/s1. The molecule has 0 radical (unpaired) electrons. The van der Waals surface area contributed by atoms with Crippen molar-refractivity contribution in [1.82, 2.24) is 0 Å². The maximum absolute atomic E-state index is 8.97. The number of aryl methyl sites for hydroxylation is 1. The SMILES string of the molecule is N[C@H]1CCc2cc(CO)ccc2C1. The zero-order chi connectivity index (χ0) is 9.26. The smallest absolute Gasteiger partial charge is 0.0681 e. The summed E-state index contributed by atoms with van der Waals surface area (Å²) in [5.74, 6) is 0. The highest BCUT2D eigenvalue weighted by Gasteiger charge is 2.14. The van der Waals surface area contributed by atoms with E-state index >= 15 is 0 Å². The lowest BCUT2D eigenvalue weighted by Gasteiger charge is -2.21. The molecule has 0 bridgehead atoms. The molecule has 0 amide bonds. The van der Waals surface area contributed by atoms with Crippen molar-refractivity contribution in [3.05, 3.63) is 34.9 Å². The number of hydrogen-bond acceptors (Lipinski definition) is 2. The van der Waals surface area contributed by atoms with Gasteiger partial charge in [-0.3, -0.25) is 0 Å². The molecule has 2 rings (SSSR count). The number of aliphatic hydroxyl groups is 1. The van der Waals surface area contributed by atoms with E-state index in [1.165, 1.54) is 11.1 Å². The predicted octanol–water partition coefficient (Wildman–Crippen LogP) is 0.995. The molecule has 1 aliphatic rings. The summed E-state index contributed by atoms with van der Waals surface area (Å²) in [6.45, 7) is 0.138. The fraction of sp³-hybridized carbons (Fsp3) is 0.455. The average molecular weight is 177 g/mol. The second kappa shape index (κ2) is 3.48. The van der Waals surface area contributed by atoms with Crippen LogP contribution in [0.1, 0.15) is 23.1 Å². The van der Waals surface area contributed by atoms with E-state index in [0.29, 0.717) is 6.04 Å². The van der Waals surface area contributed by atoms with Crippen LogP contribution in [0.3, 0.4) is 0 Å². The van der Waals surface area contributed by atoms with Crippen LogP contribution in [0.25, 0.3) is 0 Å². The highest BCUT2D eigenvalue weighted by Crippen LogP contribution is 2.21. The third-order valence-corrected chi connectivity index (χ3v) is 2.72. The minimum atomic E-state index is 0.138. The molecule has 0 aromatic heterocycles. The lowest BCUT2D eigenvalue weighted by atomic mass is 9.88. The minimum absolute atomic E-state index is 0.138. The van der Waals surface area contributed by atoms with Crippen molar-refractivity contribution in [3.8, 4) is 0 Å². The minimum Gasteiger partial charge on any atom is -0.392 e. The average Bonchev–Trinajstić information content (AvgIpc) is 2.17. The molecule has 1 atom stereocenters. The fourth-order valence-electron chi connectivity index (χ4n) is 1.93. The van der Waals surface area contributed by atoms with Crippen molar-refractivity contribution in [3.63, 3.8) is 0 Å². The monoisotopic (exact) mass is 177 g/mol. The Morgan fingerprint density at radius 1 is 1.38 bits per heavy atom. The van der Waals surface area contributed by atoms with E-state index in [9.17, 15) is 0 Å². The number of rotatable bonds is 1. The highest BCUT2D eigenvalue weighted by molar-refractivity contribution is 5.34. The second-order valence-corrected chi connectivity index (χ2v) is 3.76. The lowest BCUT2D eigenvalue weighted by Crippen LogP contribution is -2.27. The molecule has 0 aliphatic heterocycles. The molecule has 70 valence electrons. The first-order valence-corrected chi connectivity index (χ1v) is 4.76. The summed E-state index contributed by atoms with van der Waals surface area (Å²) in [6.07, 6.45) is 3.12. The van der Waals surface area contributed by atoms with Crippen molar-refractivity contribution < 1.29 is 5.11 Å². The van der Waals surface area contributed by atoms with Crippen LogP contribution in [0.5, 0.6) is 0 Å². The van der Waals surface area contributed by atoms with Crippen LogP contribution in [0.2, 0.25) is 0 Å². The van der Waals surface area contributed by atoms with Gasteiger partial charge in [0.05, 0.1) is 6.61 Å². The van der Waals surface area contributed by atoms with Crippen molar-refractivity contribution in [2.75, 3.05) is 0 Å². The number of aliphatic hydroxyl groups excluding tert-OH is 1. The molecule has 1 aromatic rings. The van der Waals surface area contributed by atoms with Gasteiger partial charge in [0.1, 0.15) is 0 Å². The third-order valence-electron chi connectivity index (χ3n) is 2.72. The first kappa shape index (κ1) is 8.73. The Labute approximate surface area is 78.4 Å². The molecule has 13 heavy (non-hydrogen) atoms. The third kappa shape index (κ3) is 1.74. The van der Waals surface area contributed by atoms with Gasteiger partial charge in [-0.25, -0.2) is 0 Å². The Bertz CT molecular complexity index is 309. The summed E-state index contributed by atoms with van der Waals surface area (Å²) in [5, 5.41) is 8.97. The van der Waals surface area contributed by atoms with Gasteiger partial charge in [0.2, 0.25) is 0 Å². The number of fused-ring (bicyclic) bond motifs is 1. The molecule has 0 heterocycles. The van der Waals surface area contributed by atoms with E-state index in [4.69, 9.17) is 10.8 Å². The largest absolute Gasteiger partial charge is 0.392 e. The Hall–Kier alpha value is -0.860. The maximum Gasteiger partial charge on any atom is 0.0681 e. The summed E-state index contributed by atoms with van der Waals surface area (Å²) < 4.78 is 0. The molecule has 2 heteroatoms. The molecule has 0 unspecified atom stereocenters. The Morgan fingerprint density at radius 3 is 3.00 bits per heavy atom. The van der Waals surface area contributed by atoms with E-state index in [0.717, 1.165) is 24.8 Å². The van der Waals surface area contributed by atoms with Crippen molar-refractivity contribution >= 4 is 0 Å². The van der Waals surface area contributed by atoms with Crippen molar-refractivity contribution in [2.24, 2.45) is 5.73 Å². The quantitative estimate of drug-likeness (QED) is 0.672. The molecule has 3 N–H and O–H groups in total. The Balaban J connectivity index is 2.31. The van der Waals surface area contributed by atoms with Gasteiger partial charge in [-0.2, -0.15) is 0 Å². The summed E-state index contributed by atoms with van der Waals surface area (Å²) in [4.78, 5) is 0. The van der Waals surface area contributed by atoms with E-state index in [-0.39, 0.29) is 6.61 Å². The van der Waals surface area contributed by atoms with Gasteiger partial charge >= 0.3 is 0 Å². The Kier molecular flexibility index (Phi) is 2.34. The molecule has 0 fully saturated rings. The molecule has 0 saturated carbocycles. The van der Waals surface area contributed by atoms with Gasteiger partial charge in [0.15, 0.2) is 0 Å². The van der Waals surface area contributed by atoms with Crippen LogP contribution in [0, 0.1) is 0 Å². The van der Waals surface area contributed by atoms with Crippen LogP contribution < -0.4 is 5.73 Å². The Morgan fingerprint density at radius 2 is 2.23 bits per heavy atom. The second-order valence-electron chi connectivity index (χ2n) is 3.76. The summed E-state index contributed by atoms with van der Waals surface area (Å²) in [6, 6.07) is 6.50.